The van der Waals surface area contributed by atoms with E-state index < -0.39 is 23.7 Å². The van der Waals surface area contributed by atoms with Crippen LogP contribution >= 0.6 is 0 Å². The lowest BCUT2D eigenvalue weighted by Crippen LogP contribution is -2.48. The van der Waals surface area contributed by atoms with Gasteiger partial charge in [0, 0.05) is 73.4 Å². The predicted molar refractivity (Wildman–Crippen MR) is 158 cm³/mol. The molecule has 2 aliphatic rings. The molecule has 1 N–H and O–H groups in total. The van der Waals surface area contributed by atoms with E-state index in [0.717, 1.165) is 41.0 Å². The van der Waals surface area contributed by atoms with Gasteiger partial charge >= 0.3 is 6.18 Å². The molecular weight excluding hydrogens is 571 g/mol. The Morgan fingerprint density at radius 3 is 2.48 bits per heavy atom. The summed E-state index contributed by atoms with van der Waals surface area (Å²) >= 11 is 0. The SMILES string of the molecule is Cn1c2ccncc2c2ccc(-c3cnc(O[C@H]4C[C@H](Oc5ccc(C#CCOC6CNC6)nc5)C4)c(C(F)(F)F)c3)cc21. The van der Waals surface area contributed by atoms with Crippen molar-refractivity contribution in [3.05, 3.63) is 78.5 Å². The number of aryl methyl sites for hydroxylation is 1. The topological polar surface area (TPSA) is 83.3 Å². The van der Waals surface area contributed by atoms with E-state index in [0.29, 0.717) is 42.0 Å². The van der Waals surface area contributed by atoms with Crippen molar-refractivity contribution in [3.8, 4) is 34.6 Å². The van der Waals surface area contributed by atoms with Gasteiger partial charge in [0.05, 0.1) is 17.8 Å². The van der Waals surface area contributed by atoms with Crippen LogP contribution in [-0.2, 0) is 18.0 Å². The van der Waals surface area contributed by atoms with Gasteiger partial charge in [-0.1, -0.05) is 18.1 Å². The molecule has 0 amide bonds. The number of pyridine rings is 3. The Labute approximate surface area is 251 Å². The fourth-order valence-corrected chi connectivity index (χ4v) is 5.39. The average molecular weight is 600 g/mol. The second kappa shape index (κ2) is 11.4. The molecule has 5 heterocycles. The van der Waals surface area contributed by atoms with E-state index in [1.807, 2.05) is 29.8 Å². The summed E-state index contributed by atoms with van der Waals surface area (Å²) in [4.78, 5) is 12.6. The molecule has 8 nitrogen and oxygen atoms in total. The molecule has 1 aliphatic carbocycles. The van der Waals surface area contributed by atoms with Gasteiger partial charge in [-0.2, -0.15) is 13.2 Å². The van der Waals surface area contributed by atoms with Gasteiger partial charge in [-0.25, -0.2) is 9.97 Å². The van der Waals surface area contributed by atoms with Crippen molar-refractivity contribution in [1.82, 2.24) is 24.8 Å². The number of hydrogen-bond acceptors (Lipinski definition) is 7. The van der Waals surface area contributed by atoms with Crippen LogP contribution in [0.3, 0.4) is 0 Å². The highest BCUT2D eigenvalue weighted by atomic mass is 19.4. The van der Waals surface area contributed by atoms with Gasteiger partial charge in [-0.05, 0) is 41.8 Å². The second-order valence-electron chi connectivity index (χ2n) is 11.0. The number of hydrogen-bond donors (Lipinski definition) is 1. The highest BCUT2D eigenvalue weighted by molar-refractivity contribution is 6.08. The van der Waals surface area contributed by atoms with Crippen molar-refractivity contribution < 1.29 is 27.4 Å². The standard InChI is InChI=1S/C33H28F3N5O3/c1-41-30-8-9-37-19-28(30)27-7-4-20(12-31(27)41)21-11-29(33(34,35)36)32(40-15-21)44-25-13-24(14-25)43-23-6-5-22(39-18-23)3-2-10-42-26-16-38-17-26/h4-9,11-12,15,18-19,24-26,38H,10,13-14,16-17H2,1H3/t24-,25-. The third kappa shape index (κ3) is 5.66. The lowest BCUT2D eigenvalue weighted by atomic mass is 9.92. The first-order valence-electron chi connectivity index (χ1n) is 14.3. The number of benzene rings is 1. The Kier molecular flexibility index (Phi) is 7.32. The lowest BCUT2D eigenvalue weighted by molar-refractivity contribution is -0.140. The molecule has 0 bridgehead atoms. The lowest BCUT2D eigenvalue weighted by Gasteiger charge is -2.35. The van der Waals surface area contributed by atoms with Gasteiger partial charge in [-0.15, -0.1) is 0 Å². The van der Waals surface area contributed by atoms with E-state index in [1.165, 1.54) is 6.20 Å². The van der Waals surface area contributed by atoms with Gasteiger partial charge in [0.1, 0.15) is 35.8 Å². The van der Waals surface area contributed by atoms with Crippen LogP contribution in [0.2, 0.25) is 0 Å². The van der Waals surface area contributed by atoms with Crippen LogP contribution in [-0.4, -0.2) is 57.5 Å². The van der Waals surface area contributed by atoms with Crippen molar-refractivity contribution >= 4 is 21.8 Å². The first-order chi connectivity index (χ1) is 21.3. The largest absolute Gasteiger partial charge is 0.489 e. The number of nitrogens with one attached hydrogen (secondary N) is 1. The second-order valence-corrected chi connectivity index (χ2v) is 11.0. The van der Waals surface area contributed by atoms with Gasteiger partial charge in [-0.3, -0.25) is 4.98 Å². The molecule has 1 aliphatic heterocycles. The van der Waals surface area contributed by atoms with Crippen molar-refractivity contribution in [2.75, 3.05) is 19.7 Å². The number of aromatic nitrogens is 4. The molecule has 0 radical (unpaired) electrons. The molecule has 1 saturated heterocycles. The summed E-state index contributed by atoms with van der Waals surface area (Å²) < 4.78 is 61.6. The van der Waals surface area contributed by atoms with E-state index in [2.05, 4.69) is 32.1 Å². The zero-order valence-corrected chi connectivity index (χ0v) is 23.8. The maximum Gasteiger partial charge on any atom is 0.421 e. The summed E-state index contributed by atoms with van der Waals surface area (Å²) in [6.45, 7) is 2.06. The number of alkyl halides is 3. The van der Waals surface area contributed by atoms with Crippen LogP contribution in [0.4, 0.5) is 13.2 Å². The Morgan fingerprint density at radius 2 is 1.73 bits per heavy atom. The van der Waals surface area contributed by atoms with Crippen molar-refractivity contribution in [3.63, 3.8) is 0 Å². The number of fused-ring (bicyclic) bond motifs is 3. The maximum absolute atomic E-state index is 14.1. The maximum atomic E-state index is 14.1. The van der Waals surface area contributed by atoms with Gasteiger partial charge in [0.15, 0.2) is 0 Å². The third-order valence-electron chi connectivity index (χ3n) is 8.02. The molecule has 11 heteroatoms. The van der Waals surface area contributed by atoms with E-state index in [9.17, 15) is 13.2 Å². The van der Waals surface area contributed by atoms with E-state index in [1.54, 1.807) is 36.8 Å². The van der Waals surface area contributed by atoms with Crippen LogP contribution in [0.15, 0.2) is 67.3 Å². The van der Waals surface area contributed by atoms with Gasteiger partial charge in [0.2, 0.25) is 5.88 Å². The quantitative estimate of drug-likeness (QED) is 0.246. The van der Waals surface area contributed by atoms with E-state index in [-0.39, 0.29) is 12.2 Å². The molecule has 1 saturated carbocycles. The number of halogens is 3. The first-order valence-corrected chi connectivity index (χ1v) is 14.3. The normalized spacial score (nSPS) is 18.4. The summed E-state index contributed by atoms with van der Waals surface area (Å²) in [6.07, 6.45) is 2.34. The molecule has 0 spiro atoms. The highest BCUT2D eigenvalue weighted by Crippen LogP contribution is 2.40. The summed E-state index contributed by atoms with van der Waals surface area (Å²) in [7, 11) is 1.92. The Bertz CT molecular complexity index is 1890. The Balaban J connectivity index is 0.996. The third-order valence-corrected chi connectivity index (χ3v) is 8.02. The van der Waals surface area contributed by atoms with Gasteiger partial charge in [0.25, 0.3) is 0 Å². The summed E-state index contributed by atoms with van der Waals surface area (Å²) in [5, 5.41) is 5.10. The molecule has 7 rings (SSSR count). The number of ether oxygens (including phenoxy) is 3. The summed E-state index contributed by atoms with van der Waals surface area (Å²) in [6, 6.07) is 12.1. The molecule has 0 unspecified atom stereocenters. The van der Waals surface area contributed by atoms with Crippen LogP contribution < -0.4 is 14.8 Å². The Morgan fingerprint density at radius 1 is 0.886 bits per heavy atom. The first kappa shape index (κ1) is 28.1. The Hall–Kier alpha value is -4.66. The molecule has 2 fully saturated rings. The molecule has 1 aromatic carbocycles. The minimum Gasteiger partial charge on any atom is -0.489 e. The molecular formula is C33H28F3N5O3. The van der Waals surface area contributed by atoms with Crippen molar-refractivity contribution in [2.45, 2.75) is 37.3 Å². The molecule has 4 aromatic heterocycles. The number of nitrogens with zero attached hydrogens (tertiary/aromatic N) is 4. The summed E-state index contributed by atoms with van der Waals surface area (Å²) in [5.41, 5.74) is 2.57. The average Bonchev–Trinajstić information content (AvgIpc) is 3.26. The smallest absolute Gasteiger partial charge is 0.421 e. The monoisotopic (exact) mass is 599 g/mol. The van der Waals surface area contributed by atoms with Gasteiger partial charge < -0.3 is 24.1 Å². The zero-order chi connectivity index (χ0) is 30.3. The van der Waals surface area contributed by atoms with Crippen molar-refractivity contribution in [2.24, 2.45) is 7.05 Å². The molecule has 224 valence electrons. The van der Waals surface area contributed by atoms with E-state index >= 15 is 0 Å². The molecule has 44 heavy (non-hydrogen) atoms. The molecule has 5 aromatic rings. The van der Waals surface area contributed by atoms with Crippen LogP contribution in [0.25, 0.3) is 32.9 Å². The molecule has 0 atom stereocenters. The van der Waals surface area contributed by atoms with Crippen LogP contribution in [0.1, 0.15) is 24.1 Å². The minimum atomic E-state index is -4.63. The predicted octanol–water partition coefficient (Wildman–Crippen LogP) is 5.53. The number of rotatable bonds is 7. The van der Waals surface area contributed by atoms with Crippen LogP contribution in [0.5, 0.6) is 11.6 Å². The fourth-order valence-electron chi connectivity index (χ4n) is 5.39. The minimum absolute atomic E-state index is 0.195. The fraction of sp³-hybridized carbons (Fsp3) is 0.303. The highest BCUT2D eigenvalue weighted by Gasteiger charge is 2.39. The summed E-state index contributed by atoms with van der Waals surface area (Å²) in [5.74, 6) is 6.04. The zero-order valence-electron chi connectivity index (χ0n) is 23.8. The van der Waals surface area contributed by atoms with Crippen molar-refractivity contribution in [1.29, 1.82) is 0 Å². The van der Waals surface area contributed by atoms with Crippen LogP contribution in [0, 0.1) is 11.8 Å². The van der Waals surface area contributed by atoms with E-state index in [4.69, 9.17) is 14.2 Å².